The van der Waals surface area contributed by atoms with Gasteiger partial charge in [0.05, 0.1) is 12.3 Å². The molecule has 1 aromatic carbocycles. The lowest BCUT2D eigenvalue weighted by Crippen LogP contribution is -2.32. The third-order valence-electron chi connectivity index (χ3n) is 4.17. The van der Waals surface area contributed by atoms with Crippen LogP contribution < -0.4 is 26.8 Å². The minimum Gasteiger partial charge on any atom is -0.494 e. The average Bonchev–Trinajstić information content (AvgIpc) is 2.63. The van der Waals surface area contributed by atoms with Gasteiger partial charge in [-0.3, -0.25) is 5.32 Å². The van der Waals surface area contributed by atoms with Crippen LogP contribution in [-0.2, 0) is 0 Å². The lowest BCUT2D eigenvalue weighted by atomic mass is 9.94. The molecule has 0 saturated heterocycles. The van der Waals surface area contributed by atoms with E-state index in [9.17, 15) is 5.26 Å². The van der Waals surface area contributed by atoms with Crippen molar-refractivity contribution in [3.63, 3.8) is 0 Å². The zero-order valence-electron chi connectivity index (χ0n) is 14.9. The third kappa shape index (κ3) is 3.14. The maximum absolute atomic E-state index is 9.36. The quantitative estimate of drug-likeness (QED) is 0.475. The smallest absolute Gasteiger partial charge is 0.211 e. The van der Waals surface area contributed by atoms with Gasteiger partial charge >= 0.3 is 0 Å². The molecule has 3 rings (SSSR count). The lowest BCUT2D eigenvalue weighted by molar-refractivity contribution is 0.338. The number of aromatic nitrogens is 1. The molecule has 0 aliphatic carbocycles. The van der Waals surface area contributed by atoms with Crippen LogP contribution in [-0.4, -0.2) is 17.6 Å². The zero-order chi connectivity index (χ0) is 19.6. The number of pyridine rings is 1. The summed E-state index contributed by atoms with van der Waals surface area (Å²) in [6.07, 6.45) is 1.82. The number of rotatable bonds is 3. The molecule has 0 saturated carbocycles. The predicted molar refractivity (Wildman–Crippen MR) is 102 cm³/mol. The first-order valence-corrected chi connectivity index (χ1v) is 8.22. The van der Waals surface area contributed by atoms with Crippen LogP contribution in [0.1, 0.15) is 35.2 Å². The van der Waals surface area contributed by atoms with Crippen molar-refractivity contribution in [1.29, 1.82) is 10.5 Å². The number of benzene rings is 1. The van der Waals surface area contributed by atoms with Crippen LogP contribution in [0.15, 0.2) is 23.2 Å². The van der Waals surface area contributed by atoms with Gasteiger partial charge in [-0.15, -0.1) is 0 Å². The van der Waals surface area contributed by atoms with Gasteiger partial charge in [0.15, 0.2) is 6.19 Å². The maximum atomic E-state index is 9.36. The number of nitrogens with two attached hydrogens (primary N) is 2. The highest BCUT2D eigenvalue weighted by Gasteiger charge is 2.29. The topological polar surface area (TPSA) is 158 Å². The van der Waals surface area contributed by atoms with Crippen molar-refractivity contribution in [1.82, 2.24) is 10.3 Å². The summed E-state index contributed by atoms with van der Waals surface area (Å²) >= 11 is 0. The van der Waals surface area contributed by atoms with Gasteiger partial charge in [0, 0.05) is 5.56 Å². The van der Waals surface area contributed by atoms with Crippen molar-refractivity contribution < 1.29 is 4.74 Å². The molecule has 2 aromatic rings. The molecular weight excluding hydrogens is 344 g/mol. The van der Waals surface area contributed by atoms with E-state index in [-0.39, 0.29) is 23.0 Å². The number of nitrogen functional groups attached to an aromatic ring is 2. The van der Waals surface area contributed by atoms with E-state index >= 15 is 0 Å². The first kappa shape index (κ1) is 17.8. The van der Waals surface area contributed by atoms with Crippen molar-refractivity contribution in [2.24, 2.45) is 4.99 Å². The van der Waals surface area contributed by atoms with E-state index < -0.39 is 6.04 Å². The Labute approximate surface area is 156 Å². The summed E-state index contributed by atoms with van der Waals surface area (Å²) in [6, 6.07) is 7.07. The molecule has 27 heavy (non-hydrogen) atoms. The maximum Gasteiger partial charge on any atom is 0.211 e. The number of guanidine groups is 1. The highest BCUT2D eigenvalue weighted by Crippen LogP contribution is 2.41. The van der Waals surface area contributed by atoms with Crippen molar-refractivity contribution in [2.45, 2.75) is 19.9 Å². The van der Waals surface area contributed by atoms with Crippen LogP contribution in [0, 0.1) is 29.7 Å². The Kier molecular flexibility index (Phi) is 4.69. The average molecular weight is 362 g/mol. The Hall–Kier alpha value is -3.98. The highest BCUT2D eigenvalue weighted by atomic mass is 16.5. The van der Waals surface area contributed by atoms with E-state index in [1.54, 1.807) is 0 Å². The SMILES string of the molecule is CCOc1ccc(C2N=C(NC#N)Nc3nc(N)c(C#N)c(N)c32)cc1C. The molecule has 1 atom stereocenters. The first-order chi connectivity index (χ1) is 13.0. The van der Waals surface area contributed by atoms with Crippen LogP contribution in [0.3, 0.4) is 0 Å². The van der Waals surface area contributed by atoms with E-state index in [4.69, 9.17) is 21.5 Å². The molecule has 1 aliphatic heterocycles. The minimum atomic E-state index is -0.563. The first-order valence-electron chi connectivity index (χ1n) is 8.22. The molecule has 6 N–H and O–H groups in total. The van der Waals surface area contributed by atoms with Crippen molar-refractivity contribution in [3.8, 4) is 18.0 Å². The molecule has 2 heterocycles. The summed E-state index contributed by atoms with van der Waals surface area (Å²) in [6.45, 7) is 4.41. The third-order valence-corrected chi connectivity index (χ3v) is 4.17. The fourth-order valence-electron chi connectivity index (χ4n) is 2.98. The van der Waals surface area contributed by atoms with Crippen LogP contribution in [0.2, 0.25) is 0 Å². The lowest BCUT2D eigenvalue weighted by Gasteiger charge is -2.26. The molecule has 0 spiro atoms. The number of aliphatic imine (C=N–C) groups is 1. The molecule has 9 heteroatoms. The van der Waals surface area contributed by atoms with Gasteiger partial charge in [-0.25, -0.2) is 9.98 Å². The molecule has 0 bridgehead atoms. The van der Waals surface area contributed by atoms with Gasteiger partial charge in [0.1, 0.15) is 35.1 Å². The Bertz CT molecular complexity index is 1020. The second kappa shape index (κ2) is 7.10. The van der Waals surface area contributed by atoms with E-state index in [0.717, 1.165) is 16.9 Å². The van der Waals surface area contributed by atoms with Gasteiger partial charge in [-0.1, -0.05) is 6.07 Å². The fraction of sp³-hybridized carbons (Fsp3) is 0.222. The molecule has 0 amide bonds. The van der Waals surface area contributed by atoms with Crippen LogP contribution in [0.25, 0.3) is 0 Å². The summed E-state index contributed by atoms with van der Waals surface area (Å²) in [5.41, 5.74) is 14.7. The number of ether oxygens (including phenoxy) is 1. The Morgan fingerprint density at radius 3 is 2.74 bits per heavy atom. The van der Waals surface area contributed by atoms with Gasteiger partial charge in [-0.05, 0) is 37.1 Å². The second-order valence-corrected chi connectivity index (χ2v) is 5.86. The summed E-state index contributed by atoms with van der Waals surface area (Å²) < 4.78 is 5.58. The molecule has 136 valence electrons. The number of nitrogens with one attached hydrogen (secondary N) is 2. The number of anilines is 3. The summed E-state index contributed by atoms with van der Waals surface area (Å²) in [5, 5.41) is 23.7. The molecule has 0 fully saturated rings. The molecule has 0 radical (unpaired) electrons. The standard InChI is InChI=1S/C18H18N8O/c1-3-27-12-5-4-10(6-9(12)2)15-13-14(21)11(7-19)16(22)25-17(13)26-18(24-15)23-8-20/h4-6,15H,3H2,1-2H3,(H6,21,22,23,24,25,26). The van der Waals surface area contributed by atoms with Crippen molar-refractivity contribution in [3.05, 3.63) is 40.5 Å². The number of nitriles is 2. The predicted octanol–water partition coefficient (Wildman–Crippen LogP) is 1.77. The van der Waals surface area contributed by atoms with E-state index in [1.807, 2.05) is 44.3 Å². The monoisotopic (exact) mass is 362 g/mol. The Morgan fingerprint density at radius 1 is 1.33 bits per heavy atom. The van der Waals surface area contributed by atoms with Gasteiger partial charge in [-0.2, -0.15) is 10.5 Å². The number of nitrogens with zero attached hydrogens (tertiary/aromatic N) is 4. The largest absolute Gasteiger partial charge is 0.494 e. The van der Waals surface area contributed by atoms with Crippen LogP contribution in [0.4, 0.5) is 17.3 Å². The van der Waals surface area contributed by atoms with Crippen molar-refractivity contribution >= 4 is 23.3 Å². The normalized spacial score (nSPS) is 14.8. The minimum absolute atomic E-state index is 0.0149. The Balaban J connectivity index is 2.19. The molecule has 9 nitrogen and oxygen atoms in total. The summed E-state index contributed by atoms with van der Waals surface area (Å²) in [4.78, 5) is 8.76. The van der Waals surface area contributed by atoms with Crippen LogP contribution >= 0.6 is 0 Å². The molecular formula is C18H18N8O. The van der Waals surface area contributed by atoms with E-state index in [0.29, 0.717) is 18.0 Å². The molecule has 1 aromatic heterocycles. The van der Waals surface area contributed by atoms with Gasteiger partial charge in [0.25, 0.3) is 0 Å². The number of hydrogen-bond donors (Lipinski definition) is 4. The van der Waals surface area contributed by atoms with Gasteiger partial charge < -0.3 is 21.5 Å². The highest BCUT2D eigenvalue weighted by molar-refractivity contribution is 5.98. The summed E-state index contributed by atoms with van der Waals surface area (Å²) in [5.74, 6) is 1.36. The fourth-order valence-corrected chi connectivity index (χ4v) is 2.98. The van der Waals surface area contributed by atoms with E-state index in [2.05, 4.69) is 20.6 Å². The second-order valence-electron chi connectivity index (χ2n) is 5.86. The molecule has 1 aliphatic rings. The van der Waals surface area contributed by atoms with E-state index in [1.165, 1.54) is 0 Å². The zero-order valence-corrected chi connectivity index (χ0v) is 14.9. The number of fused-ring (bicyclic) bond motifs is 1. The van der Waals surface area contributed by atoms with Crippen LogP contribution in [0.5, 0.6) is 5.75 Å². The summed E-state index contributed by atoms with van der Waals surface area (Å²) in [7, 11) is 0. The Morgan fingerprint density at radius 2 is 2.11 bits per heavy atom. The molecule has 1 unspecified atom stereocenters. The van der Waals surface area contributed by atoms with Gasteiger partial charge in [0.2, 0.25) is 5.96 Å². The number of hydrogen-bond acceptors (Lipinski definition) is 9. The number of aryl methyl sites for hydroxylation is 1. The van der Waals surface area contributed by atoms with Crippen molar-refractivity contribution in [2.75, 3.05) is 23.4 Å².